The first-order valence-corrected chi connectivity index (χ1v) is 8.10. The van der Waals surface area contributed by atoms with Gasteiger partial charge in [-0.25, -0.2) is 13.2 Å². The summed E-state index contributed by atoms with van der Waals surface area (Å²) in [6, 6.07) is 5.67. The summed E-state index contributed by atoms with van der Waals surface area (Å²) in [6.07, 6.45) is -6.68. The molecule has 0 saturated carbocycles. The molecule has 148 valence electrons. The van der Waals surface area contributed by atoms with E-state index in [4.69, 9.17) is 4.42 Å². The maximum absolute atomic E-state index is 14.7. The minimum absolute atomic E-state index is 0.152. The number of rotatable bonds is 4. The lowest BCUT2D eigenvalue weighted by atomic mass is 10.0. The molecule has 1 heterocycles. The van der Waals surface area contributed by atoms with E-state index in [1.165, 1.54) is 19.2 Å². The summed E-state index contributed by atoms with van der Waals surface area (Å²) in [4.78, 5) is 12.3. The van der Waals surface area contributed by atoms with Gasteiger partial charge in [0.2, 0.25) is 0 Å². The summed E-state index contributed by atoms with van der Waals surface area (Å²) in [5.74, 6) is -4.47. The monoisotopic (exact) mass is 401 g/mol. The van der Waals surface area contributed by atoms with Gasteiger partial charge in [-0.2, -0.15) is 13.2 Å². The van der Waals surface area contributed by atoms with Gasteiger partial charge in [0.1, 0.15) is 17.2 Å². The molecule has 0 radical (unpaired) electrons. The number of halogens is 6. The molecule has 3 nitrogen and oxygen atoms in total. The summed E-state index contributed by atoms with van der Waals surface area (Å²) < 4.78 is 85.0. The third-order valence-electron chi connectivity index (χ3n) is 4.17. The highest BCUT2D eigenvalue weighted by molar-refractivity contribution is 6.11. The van der Waals surface area contributed by atoms with Crippen LogP contribution in [0.2, 0.25) is 0 Å². The lowest BCUT2D eigenvalue weighted by molar-refractivity contribution is -0.134. The van der Waals surface area contributed by atoms with Gasteiger partial charge < -0.3 is 9.73 Å². The van der Waals surface area contributed by atoms with Gasteiger partial charge in [-0.3, -0.25) is 4.79 Å². The summed E-state index contributed by atoms with van der Waals surface area (Å²) in [5, 5.41) is 1.78. The predicted octanol–water partition coefficient (Wildman–Crippen LogP) is 5.37. The molecule has 1 aromatic heterocycles. The molecule has 0 fully saturated rings. The Morgan fingerprint density at radius 2 is 1.71 bits per heavy atom. The standard InChI is InChI=1S/C19H13F6NO2/c1-26-18(27)14-13-12(28-17(14)9-2-4-11(20)5-3-9)8-10(15(21)16(13)22)6-7-19(23,24)25/h2-5,8H,6-7H2,1H3,(H,26,27). The van der Waals surface area contributed by atoms with E-state index >= 15 is 0 Å². The Hall–Kier alpha value is -2.97. The van der Waals surface area contributed by atoms with Crippen LogP contribution in [-0.4, -0.2) is 19.1 Å². The third-order valence-corrected chi connectivity index (χ3v) is 4.17. The van der Waals surface area contributed by atoms with E-state index in [1.54, 1.807) is 0 Å². The number of nitrogens with one attached hydrogen (secondary N) is 1. The van der Waals surface area contributed by atoms with Gasteiger partial charge in [-0.15, -0.1) is 0 Å². The normalized spacial score (nSPS) is 11.8. The fraction of sp³-hybridized carbons (Fsp3) is 0.211. The van der Waals surface area contributed by atoms with Gasteiger partial charge in [-0.1, -0.05) is 0 Å². The molecule has 0 aliphatic carbocycles. The van der Waals surface area contributed by atoms with Crippen molar-refractivity contribution in [3.63, 3.8) is 0 Å². The molecule has 0 spiro atoms. The first-order valence-electron chi connectivity index (χ1n) is 8.10. The molecule has 2 aromatic carbocycles. The maximum Gasteiger partial charge on any atom is 0.389 e. The first kappa shape index (κ1) is 19.8. The highest BCUT2D eigenvalue weighted by atomic mass is 19.4. The molecule has 1 N–H and O–H groups in total. The molecule has 0 aliphatic rings. The molecule has 0 aliphatic heterocycles. The molecule has 1 amide bonds. The number of carbonyl (C=O) groups is 1. The van der Waals surface area contributed by atoms with E-state index in [2.05, 4.69) is 5.32 Å². The highest BCUT2D eigenvalue weighted by Gasteiger charge is 2.30. The number of aryl methyl sites for hydroxylation is 1. The zero-order chi connectivity index (χ0) is 20.6. The average Bonchev–Trinajstić information content (AvgIpc) is 3.02. The minimum Gasteiger partial charge on any atom is -0.455 e. The number of hydrogen-bond acceptors (Lipinski definition) is 2. The van der Waals surface area contributed by atoms with Crippen molar-refractivity contribution in [1.82, 2.24) is 5.32 Å². The van der Waals surface area contributed by atoms with Crippen molar-refractivity contribution >= 4 is 16.9 Å². The first-order chi connectivity index (χ1) is 13.1. The van der Waals surface area contributed by atoms with E-state index in [9.17, 15) is 31.1 Å². The van der Waals surface area contributed by atoms with Gasteiger partial charge in [-0.05, 0) is 42.3 Å². The van der Waals surface area contributed by atoms with Crippen LogP contribution in [-0.2, 0) is 6.42 Å². The maximum atomic E-state index is 14.7. The number of fused-ring (bicyclic) bond motifs is 1. The lowest BCUT2D eigenvalue weighted by Crippen LogP contribution is -2.18. The second-order valence-electron chi connectivity index (χ2n) is 6.04. The van der Waals surface area contributed by atoms with Crippen LogP contribution in [0.4, 0.5) is 26.3 Å². The molecule has 9 heteroatoms. The Morgan fingerprint density at radius 3 is 2.29 bits per heavy atom. The summed E-state index contributed by atoms with van der Waals surface area (Å²) in [7, 11) is 1.27. The van der Waals surface area contributed by atoms with Crippen LogP contribution >= 0.6 is 0 Å². The summed E-state index contributed by atoms with van der Waals surface area (Å²) in [5.41, 5.74) is -0.921. The van der Waals surface area contributed by atoms with Crippen molar-refractivity contribution in [2.45, 2.75) is 19.0 Å². The second kappa shape index (κ2) is 7.21. The van der Waals surface area contributed by atoms with Gasteiger partial charge >= 0.3 is 6.18 Å². The van der Waals surface area contributed by atoms with Gasteiger partial charge in [0, 0.05) is 19.0 Å². The van der Waals surface area contributed by atoms with Gasteiger partial charge in [0.05, 0.1) is 10.9 Å². The van der Waals surface area contributed by atoms with Crippen LogP contribution in [0.5, 0.6) is 0 Å². The van der Waals surface area contributed by atoms with Crippen LogP contribution in [0.3, 0.4) is 0 Å². The number of benzene rings is 2. The smallest absolute Gasteiger partial charge is 0.389 e. The predicted molar refractivity (Wildman–Crippen MR) is 89.3 cm³/mol. The van der Waals surface area contributed by atoms with Crippen LogP contribution in [0.1, 0.15) is 22.3 Å². The van der Waals surface area contributed by atoms with E-state index in [0.717, 1.165) is 18.2 Å². The molecular formula is C19H13F6NO2. The van der Waals surface area contributed by atoms with Crippen molar-refractivity contribution in [3.8, 4) is 11.3 Å². The van der Waals surface area contributed by atoms with Crippen molar-refractivity contribution in [2.75, 3.05) is 7.05 Å². The van der Waals surface area contributed by atoms with Crippen LogP contribution in [0, 0.1) is 17.5 Å². The fourth-order valence-electron chi connectivity index (χ4n) is 2.85. The van der Waals surface area contributed by atoms with Crippen LogP contribution in [0.15, 0.2) is 34.7 Å². The highest BCUT2D eigenvalue weighted by Crippen LogP contribution is 2.37. The molecule has 3 aromatic rings. The van der Waals surface area contributed by atoms with E-state index in [1.807, 2.05) is 0 Å². The Balaban J connectivity index is 2.23. The molecule has 0 saturated heterocycles. The molecular weight excluding hydrogens is 388 g/mol. The topological polar surface area (TPSA) is 42.2 Å². The molecule has 0 bridgehead atoms. The number of furan rings is 1. The largest absolute Gasteiger partial charge is 0.455 e. The zero-order valence-corrected chi connectivity index (χ0v) is 14.4. The summed E-state index contributed by atoms with van der Waals surface area (Å²) >= 11 is 0. The third kappa shape index (κ3) is 3.69. The number of amides is 1. The molecule has 3 rings (SSSR count). The van der Waals surface area contributed by atoms with Crippen molar-refractivity contribution in [1.29, 1.82) is 0 Å². The second-order valence-corrected chi connectivity index (χ2v) is 6.04. The molecule has 0 atom stereocenters. The quantitative estimate of drug-likeness (QED) is 0.597. The van der Waals surface area contributed by atoms with E-state index in [0.29, 0.717) is 0 Å². The van der Waals surface area contributed by atoms with Crippen LogP contribution in [0.25, 0.3) is 22.3 Å². The van der Waals surface area contributed by atoms with Crippen molar-refractivity contribution < 1.29 is 35.6 Å². The minimum atomic E-state index is -4.55. The number of hydrogen-bond donors (Lipinski definition) is 1. The van der Waals surface area contributed by atoms with E-state index in [-0.39, 0.29) is 22.5 Å². The fourth-order valence-corrected chi connectivity index (χ4v) is 2.85. The average molecular weight is 401 g/mol. The van der Waals surface area contributed by atoms with Gasteiger partial charge in [0.15, 0.2) is 11.6 Å². The van der Waals surface area contributed by atoms with E-state index < -0.39 is 53.3 Å². The van der Waals surface area contributed by atoms with Crippen molar-refractivity contribution in [3.05, 3.63) is 58.9 Å². The Bertz CT molecular complexity index is 1040. The molecule has 28 heavy (non-hydrogen) atoms. The lowest BCUT2D eigenvalue weighted by Gasteiger charge is -2.08. The number of alkyl halides is 3. The Labute approximate surface area is 154 Å². The zero-order valence-electron chi connectivity index (χ0n) is 14.4. The van der Waals surface area contributed by atoms with Crippen LogP contribution < -0.4 is 5.32 Å². The number of carbonyl (C=O) groups excluding carboxylic acids is 1. The van der Waals surface area contributed by atoms with Crippen molar-refractivity contribution in [2.24, 2.45) is 0 Å². The SMILES string of the molecule is CNC(=O)c1c(-c2ccc(F)cc2)oc2cc(CCC(F)(F)F)c(F)c(F)c12. The Kier molecular flexibility index (Phi) is 5.10. The molecule has 0 unspecified atom stereocenters. The van der Waals surface area contributed by atoms with Gasteiger partial charge in [0.25, 0.3) is 5.91 Å². The summed E-state index contributed by atoms with van der Waals surface area (Å²) in [6.45, 7) is 0. The Morgan fingerprint density at radius 1 is 1.07 bits per heavy atom.